The first-order valence-electron chi connectivity index (χ1n) is 7.27. The molecule has 1 aromatic rings. The van der Waals surface area contributed by atoms with E-state index in [-0.39, 0.29) is 12.8 Å². The zero-order valence-electron chi connectivity index (χ0n) is 14.3. The molecule has 0 aromatic heterocycles. The van der Waals surface area contributed by atoms with Crippen molar-refractivity contribution in [1.29, 1.82) is 0 Å². The van der Waals surface area contributed by atoms with Crippen LogP contribution in [0.2, 0.25) is 0 Å². The van der Waals surface area contributed by atoms with Crippen molar-refractivity contribution in [3.63, 3.8) is 0 Å². The van der Waals surface area contributed by atoms with Crippen LogP contribution >= 0.6 is 0 Å². The van der Waals surface area contributed by atoms with E-state index in [0.717, 1.165) is 19.8 Å². The molecule has 0 saturated heterocycles. The van der Waals surface area contributed by atoms with Crippen LogP contribution in [0.3, 0.4) is 0 Å². The lowest BCUT2D eigenvalue weighted by Crippen LogP contribution is -2.40. The highest BCUT2D eigenvalue weighted by Crippen LogP contribution is 2.29. The molecule has 0 amide bonds. The Morgan fingerprint density at radius 2 is 1.44 bits per heavy atom. The second-order valence-electron chi connectivity index (χ2n) is 4.88. The van der Waals surface area contributed by atoms with E-state index in [1.165, 1.54) is 7.11 Å². The van der Waals surface area contributed by atoms with Crippen LogP contribution in [0.25, 0.3) is 0 Å². The number of carbonyl (C=O) groups excluding carboxylic acids is 3. The minimum Gasteiger partial charge on any atom is -0.468 e. The zero-order valence-corrected chi connectivity index (χ0v) is 14.3. The van der Waals surface area contributed by atoms with Gasteiger partial charge in [0.2, 0.25) is 0 Å². The fraction of sp³-hybridized carbons (Fsp3) is 0.316. The van der Waals surface area contributed by atoms with Crippen molar-refractivity contribution in [1.82, 2.24) is 0 Å². The number of carbonyl (C=O) groups is 3. The van der Waals surface area contributed by atoms with Gasteiger partial charge in [-0.15, -0.1) is 0 Å². The van der Waals surface area contributed by atoms with Crippen LogP contribution in [-0.4, -0.2) is 39.2 Å². The van der Waals surface area contributed by atoms with Gasteiger partial charge < -0.3 is 14.2 Å². The molecule has 0 aliphatic carbocycles. The van der Waals surface area contributed by atoms with Crippen LogP contribution in [0.5, 0.6) is 0 Å². The summed E-state index contributed by atoms with van der Waals surface area (Å²) in [6.45, 7) is 0. The highest BCUT2D eigenvalue weighted by molar-refractivity contribution is 6.01. The van der Waals surface area contributed by atoms with E-state index < -0.39 is 23.3 Å². The third-order valence-electron chi connectivity index (χ3n) is 3.31. The predicted octanol–water partition coefficient (Wildman–Crippen LogP) is 1.33. The largest absolute Gasteiger partial charge is 0.468 e. The number of esters is 3. The van der Waals surface area contributed by atoms with Gasteiger partial charge in [0, 0.05) is 24.3 Å². The van der Waals surface area contributed by atoms with E-state index >= 15 is 0 Å². The average Bonchev–Trinajstić information content (AvgIpc) is 2.66. The van der Waals surface area contributed by atoms with E-state index in [0.29, 0.717) is 0 Å². The lowest BCUT2D eigenvalue weighted by Gasteiger charge is -2.23. The summed E-state index contributed by atoms with van der Waals surface area (Å²) in [5, 5.41) is 0. The van der Waals surface area contributed by atoms with Gasteiger partial charge in [0.25, 0.3) is 0 Å². The maximum absolute atomic E-state index is 12.2. The highest BCUT2D eigenvalue weighted by Gasteiger charge is 2.47. The molecule has 0 heterocycles. The molecular formula is C19H18O6. The van der Waals surface area contributed by atoms with Gasteiger partial charge in [-0.25, -0.2) is 4.79 Å². The Bertz CT molecular complexity index is 727. The van der Waals surface area contributed by atoms with Crippen LogP contribution in [-0.2, 0) is 28.6 Å². The quantitative estimate of drug-likeness (QED) is 0.270. The third-order valence-corrected chi connectivity index (χ3v) is 3.31. The van der Waals surface area contributed by atoms with Crippen molar-refractivity contribution in [2.75, 3.05) is 21.3 Å². The molecule has 0 aliphatic heterocycles. The minimum atomic E-state index is -1.74. The molecule has 6 nitrogen and oxygen atoms in total. The second kappa shape index (κ2) is 9.79. The van der Waals surface area contributed by atoms with Crippen LogP contribution in [0, 0.1) is 29.1 Å². The summed E-state index contributed by atoms with van der Waals surface area (Å²) in [6, 6.07) is 9.07. The van der Waals surface area contributed by atoms with E-state index in [4.69, 9.17) is 9.47 Å². The summed E-state index contributed by atoms with van der Waals surface area (Å²) in [4.78, 5) is 35.6. The molecule has 0 aliphatic rings. The number of ether oxygens (including phenoxy) is 3. The summed E-state index contributed by atoms with van der Waals surface area (Å²) >= 11 is 0. The molecule has 0 bridgehead atoms. The molecule has 0 unspecified atom stereocenters. The molecule has 0 saturated carbocycles. The van der Waals surface area contributed by atoms with Crippen LogP contribution in [0.15, 0.2) is 30.3 Å². The van der Waals surface area contributed by atoms with Crippen molar-refractivity contribution in [3.05, 3.63) is 35.9 Å². The number of methoxy groups -OCH3 is 3. The Morgan fingerprint density at radius 1 is 0.880 bits per heavy atom. The van der Waals surface area contributed by atoms with Crippen molar-refractivity contribution < 1.29 is 28.6 Å². The molecular weight excluding hydrogens is 324 g/mol. The first-order valence-corrected chi connectivity index (χ1v) is 7.27. The predicted molar refractivity (Wildman–Crippen MR) is 88.8 cm³/mol. The monoisotopic (exact) mass is 342 g/mol. The van der Waals surface area contributed by atoms with Crippen molar-refractivity contribution in [3.8, 4) is 23.7 Å². The molecule has 0 atom stereocenters. The fourth-order valence-electron chi connectivity index (χ4n) is 1.96. The Balaban J connectivity index is 3.17. The molecule has 0 N–H and O–H groups in total. The number of hydrogen-bond acceptors (Lipinski definition) is 6. The molecule has 130 valence electrons. The van der Waals surface area contributed by atoms with Crippen molar-refractivity contribution in [2.45, 2.75) is 12.8 Å². The lowest BCUT2D eigenvalue weighted by molar-refractivity contribution is -0.168. The smallest absolute Gasteiger partial charge is 0.384 e. The maximum Gasteiger partial charge on any atom is 0.384 e. The van der Waals surface area contributed by atoms with Gasteiger partial charge >= 0.3 is 17.9 Å². The number of benzene rings is 1. The summed E-state index contributed by atoms with van der Waals surface area (Å²) in [5.74, 6) is 7.85. The second-order valence-corrected chi connectivity index (χ2v) is 4.88. The van der Waals surface area contributed by atoms with Gasteiger partial charge in [0.1, 0.15) is 0 Å². The Kier molecular flexibility index (Phi) is 7.75. The summed E-state index contributed by atoms with van der Waals surface area (Å²) in [7, 11) is 3.48. The molecule has 6 heteroatoms. The fourth-order valence-corrected chi connectivity index (χ4v) is 1.96. The average molecular weight is 342 g/mol. The van der Waals surface area contributed by atoms with E-state index in [1.807, 2.05) is 18.2 Å². The highest BCUT2D eigenvalue weighted by atomic mass is 16.5. The topological polar surface area (TPSA) is 78.9 Å². The normalized spacial score (nSPS) is 9.56. The third kappa shape index (κ3) is 5.40. The van der Waals surface area contributed by atoms with Gasteiger partial charge in [0.15, 0.2) is 5.41 Å². The standard InChI is InChI=1S/C19H18O6/c1-23-16(20)12-8-14-19(17(21)24-2,18(22)25-3)13-7-11-15-9-5-4-6-10-15/h4-6,9-10H,13-14H2,1-3H3. The van der Waals surface area contributed by atoms with Crippen LogP contribution in [0.1, 0.15) is 18.4 Å². The van der Waals surface area contributed by atoms with E-state index in [9.17, 15) is 14.4 Å². The maximum atomic E-state index is 12.2. The first kappa shape index (κ1) is 19.8. The van der Waals surface area contributed by atoms with Crippen LogP contribution in [0.4, 0.5) is 0 Å². The minimum absolute atomic E-state index is 0.170. The SMILES string of the molecule is COC(=O)C#CCC(CC#Cc1ccccc1)(C(=O)OC)C(=O)OC. The lowest BCUT2D eigenvalue weighted by atomic mass is 9.81. The van der Waals surface area contributed by atoms with Gasteiger partial charge in [-0.1, -0.05) is 36.0 Å². The first-order chi connectivity index (χ1) is 12.0. The van der Waals surface area contributed by atoms with Gasteiger partial charge in [0.05, 0.1) is 21.3 Å². The van der Waals surface area contributed by atoms with Crippen LogP contribution < -0.4 is 0 Å². The Hall–Kier alpha value is -3.25. The Morgan fingerprint density at radius 3 is 1.96 bits per heavy atom. The molecule has 1 aromatic carbocycles. The molecule has 25 heavy (non-hydrogen) atoms. The Labute approximate surface area is 146 Å². The van der Waals surface area contributed by atoms with Gasteiger partial charge in [-0.05, 0) is 12.1 Å². The van der Waals surface area contributed by atoms with Gasteiger partial charge in [-0.2, -0.15) is 0 Å². The molecule has 1 rings (SSSR count). The summed E-state index contributed by atoms with van der Waals surface area (Å²) < 4.78 is 13.9. The van der Waals surface area contributed by atoms with Gasteiger partial charge in [-0.3, -0.25) is 9.59 Å². The van der Waals surface area contributed by atoms with E-state index in [1.54, 1.807) is 12.1 Å². The molecule has 0 fully saturated rings. The van der Waals surface area contributed by atoms with Crippen molar-refractivity contribution in [2.24, 2.45) is 5.41 Å². The number of hydrogen-bond donors (Lipinski definition) is 0. The summed E-state index contributed by atoms with van der Waals surface area (Å²) in [5.41, 5.74) is -1.02. The van der Waals surface area contributed by atoms with Crippen molar-refractivity contribution >= 4 is 17.9 Å². The van der Waals surface area contributed by atoms with E-state index in [2.05, 4.69) is 28.4 Å². The molecule has 0 spiro atoms. The number of rotatable bonds is 4. The zero-order chi connectivity index (χ0) is 18.7. The molecule has 0 radical (unpaired) electrons. The summed E-state index contributed by atoms with van der Waals surface area (Å²) in [6.07, 6.45) is -0.456.